The summed E-state index contributed by atoms with van der Waals surface area (Å²) in [6.07, 6.45) is 1.26. The van der Waals surface area contributed by atoms with Gasteiger partial charge in [-0.05, 0) is 72.3 Å². The number of nitrogens with zero attached hydrogens (tertiary/aromatic N) is 1. The molecule has 5 rings (SSSR count). The van der Waals surface area contributed by atoms with Crippen molar-refractivity contribution in [1.82, 2.24) is 5.32 Å². The molecule has 9 nitrogen and oxygen atoms in total. The van der Waals surface area contributed by atoms with Crippen LogP contribution in [0.4, 0.5) is 17.1 Å². The fourth-order valence-electron chi connectivity index (χ4n) is 4.52. The van der Waals surface area contributed by atoms with Gasteiger partial charge in [0.05, 0.1) is 21.2 Å². The van der Waals surface area contributed by atoms with E-state index in [1.54, 1.807) is 78.9 Å². The van der Waals surface area contributed by atoms with Crippen LogP contribution in [0.2, 0.25) is 10.0 Å². The molecule has 0 aliphatic carbocycles. The standard InChI is InChI=1S/C36H26Cl2N4O5S/c37-26-15-20-30(29(38)22-26)40-36(45)33(23-9-3-1-4-10-23)48-28-18-16-27(17-19-28)39-35(44)31(41-34(43)24-11-5-2-6-12-24)21-25-13-7-8-14-32(25)42(46)47/h1-22,33H,(H,39,44)(H,40,45)(H,41,43)/b31-21-. The topological polar surface area (TPSA) is 130 Å². The second kappa shape index (κ2) is 15.9. The van der Waals surface area contributed by atoms with E-state index in [9.17, 15) is 24.5 Å². The number of nitro benzene ring substituents is 1. The Kier molecular flexibility index (Phi) is 11.3. The van der Waals surface area contributed by atoms with E-state index in [0.717, 1.165) is 10.5 Å². The molecule has 240 valence electrons. The van der Waals surface area contributed by atoms with Crippen molar-refractivity contribution in [2.75, 3.05) is 10.6 Å². The molecule has 3 amide bonds. The molecule has 1 unspecified atom stereocenters. The van der Waals surface area contributed by atoms with Crippen LogP contribution < -0.4 is 16.0 Å². The number of halogens is 2. The maximum Gasteiger partial charge on any atom is 0.276 e. The van der Waals surface area contributed by atoms with Crippen LogP contribution in [0.25, 0.3) is 6.08 Å². The summed E-state index contributed by atoms with van der Waals surface area (Å²) in [6.45, 7) is 0. The van der Waals surface area contributed by atoms with Gasteiger partial charge >= 0.3 is 0 Å². The molecular weight excluding hydrogens is 671 g/mol. The van der Waals surface area contributed by atoms with Crippen LogP contribution in [0.15, 0.2) is 138 Å². The first-order valence-electron chi connectivity index (χ1n) is 14.4. The lowest BCUT2D eigenvalue weighted by atomic mass is 10.1. The minimum atomic E-state index is -0.695. The number of anilines is 2. The number of benzene rings is 5. The second-order valence-corrected chi connectivity index (χ2v) is 12.2. The van der Waals surface area contributed by atoms with Crippen molar-refractivity contribution in [3.63, 3.8) is 0 Å². The van der Waals surface area contributed by atoms with Gasteiger partial charge < -0.3 is 16.0 Å². The molecule has 48 heavy (non-hydrogen) atoms. The molecule has 0 bridgehead atoms. The number of nitro groups is 1. The minimum Gasteiger partial charge on any atom is -0.323 e. The number of carbonyl (C=O) groups is 3. The van der Waals surface area contributed by atoms with Crippen molar-refractivity contribution in [3.8, 4) is 0 Å². The van der Waals surface area contributed by atoms with Gasteiger partial charge in [-0.1, -0.05) is 83.9 Å². The predicted octanol–water partition coefficient (Wildman–Crippen LogP) is 8.78. The van der Waals surface area contributed by atoms with Crippen LogP contribution in [0, 0.1) is 10.1 Å². The molecule has 0 aliphatic rings. The lowest BCUT2D eigenvalue weighted by Crippen LogP contribution is -2.30. The molecule has 0 fully saturated rings. The van der Waals surface area contributed by atoms with Gasteiger partial charge in [-0.25, -0.2) is 0 Å². The van der Waals surface area contributed by atoms with E-state index in [2.05, 4.69) is 16.0 Å². The summed E-state index contributed by atoms with van der Waals surface area (Å²) in [5, 5.41) is 19.9. The van der Waals surface area contributed by atoms with Crippen molar-refractivity contribution in [2.24, 2.45) is 0 Å². The fraction of sp³-hybridized carbons (Fsp3) is 0.0278. The number of thioether (sulfide) groups is 1. The van der Waals surface area contributed by atoms with E-state index in [1.165, 1.54) is 36.0 Å². The Morgan fingerprint density at radius 3 is 2.08 bits per heavy atom. The third-order valence-electron chi connectivity index (χ3n) is 6.86. The van der Waals surface area contributed by atoms with Crippen LogP contribution in [-0.2, 0) is 9.59 Å². The Labute approximate surface area is 290 Å². The molecule has 12 heteroatoms. The summed E-state index contributed by atoms with van der Waals surface area (Å²) in [4.78, 5) is 51.7. The number of amides is 3. The molecule has 0 radical (unpaired) electrons. The first kappa shape index (κ1) is 33.9. The fourth-order valence-corrected chi connectivity index (χ4v) is 6.00. The summed E-state index contributed by atoms with van der Waals surface area (Å²) in [5.41, 5.74) is 1.59. The predicted molar refractivity (Wildman–Crippen MR) is 190 cm³/mol. The molecule has 3 N–H and O–H groups in total. The maximum absolute atomic E-state index is 13.5. The maximum atomic E-state index is 13.5. The number of carbonyl (C=O) groups excluding carboxylic acids is 3. The van der Waals surface area contributed by atoms with E-state index >= 15 is 0 Å². The van der Waals surface area contributed by atoms with Gasteiger partial charge in [0.1, 0.15) is 10.9 Å². The summed E-state index contributed by atoms with van der Waals surface area (Å²) in [6, 6.07) is 35.0. The lowest BCUT2D eigenvalue weighted by molar-refractivity contribution is -0.385. The van der Waals surface area contributed by atoms with Gasteiger partial charge in [-0.3, -0.25) is 24.5 Å². The van der Waals surface area contributed by atoms with Crippen LogP contribution >= 0.6 is 35.0 Å². The minimum absolute atomic E-state index is 0.137. The number of para-hydroxylation sites is 1. The van der Waals surface area contributed by atoms with Crippen LogP contribution in [-0.4, -0.2) is 22.6 Å². The van der Waals surface area contributed by atoms with Crippen molar-refractivity contribution >= 4 is 75.8 Å². The largest absolute Gasteiger partial charge is 0.323 e. The van der Waals surface area contributed by atoms with Crippen LogP contribution in [0.1, 0.15) is 26.7 Å². The number of nitrogens with one attached hydrogen (secondary N) is 3. The summed E-state index contributed by atoms with van der Waals surface area (Å²) in [5.74, 6) is -1.56. The van der Waals surface area contributed by atoms with Gasteiger partial charge in [0.25, 0.3) is 17.5 Å². The normalized spacial score (nSPS) is 11.7. The smallest absolute Gasteiger partial charge is 0.276 e. The first-order chi connectivity index (χ1) is 23.2. The number of hydrogen-bond donors (Lipinski definition) is 3. The molecule has 0 aliphatic heterocycles. The quantitative estimate of drug-likeness (QED) is 0.0548. The zero-order valence-corrected chi connectivity index (χ0v) is 27.3. The SMILES string of the molecule is O=C(Nc1ccc(SC(C(=O)Nc2ccc(Cl)cc2Cl)c2ccccc2)cc1)/C(=C/c1ccccc1[N+](=O)[O-])NC(=O)c1ccccc1. The van der Waals surface area contributed by atoms with Gasteiger partial charge in [0, 0.05) is 27.2 Å². The van der Waals surface area contributed by atoms with Crippen LogP contribution in [0.5, 0.6) is 0 Å². The summed E-state index contributed by atoms with van der Waals surface area (Å²) < 4.78 is 0. The Balaban J connectivity index is 1.36. The van der Waals surface area contributed by atoms with E-state index in [1.807, 2.05) is 30.3 Å². The first-order valence-corrected chi connectivity index (χ1v) is 16.0. The van der Waals surface area contributed by atoms with Gasteiger partial charge in [0.15, 0.2) is 0 Å². The van der Waals surface area contributed by atoms with Gasteiger partial charge in [0.2, 0.25) is 5.91 Å². The molecule has 1 atom stereocenters. The van der Waals surface area contributed by atoms with E-state index in [4.69, 9.17) is 23.2 Å². The van der Waals surface area contributed by atoms with Crippen molar-refractivity contribution in [3.05, 3.63) is 170 Å². The average Bonchev–Trinajstić information content (AvgIpc) is 3.09. The highest BCUT2D eigenvalue weighted by Crippen LogP contribution is 2.37. The second-order valence-electron chi connectivity index (χ2n) is 10.2. The highest BCUT2D eigenvalue weighted by molar-refractivity contribution is 8.00. The molecule has 5 aromatic carbocycles. The molecule has 0 aromatic heterocycles. The zero-order chi connectivity index (χ0) is 34.0. The molecule has 0 saturated carbocycles. The lowest BCUT2D eigenvalue weighted by Gasteiger charge is -2.18. The van der Waals surface area contributed by atoms with Crippen molar-refractivity contribution in [1.29, 1.82) is 0 Å². The Morgan fingerprint density at radius 1 is 0.771 bits per heavy atom. The van der Waals surface area contributed by atoms with Gasteiger partial charge in [-0.15, -0.1) is 11.8 Å². The van der Waals surface area contributed by atoms with Crippen molar-refractivity contribution in [2.45, 2.75) is 10.1 Å². The van der Waals surface area contributed by atoms with E-state index in [-0.39, 0.29) is 22.9 Å². The summed E-state index contributed by atoms with van der Waals surface area (Å²) >= 11 is 13.6. The molecule has 0 heterocycles. The van der Waals surface area contributed by atoms with E-state index < -0.39 is 22.0 Å². The number of rotatable bonds is 11. The third-order valence-corrected chi connectivity index (χ3v) is 8.67. The van der Waals surface area contributed by atoms with Crippen LogP contribution in [0.3, 0.4) is 0 Å². The summed E-state index contributed by atoms with van der Waals surface area (Å²) in [7, 11) is 0. The molecule has 0 saturated heterocycles. The van der Waals surface area contributed by atoms with Crippen molar-refractivity contribution < 1.29 is 19.3 Å². The zero-order valence-electron chi connectivity index (χ0n) is 24.9. The molecule has 0 spiro atoms. The van der Waals surface area contributed by atoms with E-state index in [0.29, 0.717) is 27.0 Å². The Morgan fingerprint density at radius 2 is 1.42 bits per heavy atom. The van der Waals surface area contributed by atoms with Gasteiger partial charge in [-0.2, -0.15) is 0 Å². The highest BCUT2D eigenvalue weighted by atomic mass is 35.5. The molecular formula is C36H26Cl2N4O5S. The Hall–Kier alpha value is -5.42. The highest BCUT2D eigenvalue weighted by Gasteiger charge is 2.23. The number of hydrogen-bond acceptors (Lipinski definition) is 6. The average molecular weight is 698 g/mol. The third kappa shape index (κ3) is 8.89. The monoisotopic (exact) mass is 696 g/mol. The molecule has 5 aromatic rings. The Bertz CT molecular complexity index is 1990.